The van der Waals surface area contributed by atoms with Crippen molar-refractivity contribution in [3.63, 3.8) is 0 Å². The monoisotopic (exact) mass is 667 g/mol. The predicted octanol–water partition coefficient (Wildman–Crippen LogP) is 5.94. The van der Waals surface area contributed by atoms with Crippen molar-refractivity contribution in [3.05, 3.63) is 115 Å². The van der Waals surface area contributed by atoms with Crippen LogP contribution in [-0.2, 0) is 30.0 Å². The molecule has 6 rings (SSSR count). The van der Waals surface area contributed by atoms with Gasteiger partial charge in [-0.15, -0.1) is 11.3 Å². The molecule has 1 aliphatic heterocycles. The van der Waals surface area contributed by atoms with E-state index in [1.165, 1.54) is 41.3 Å². The normalized spacial score (nSPS) is 13.2. The summed E-state index contributed by atoms with van der Waals surface area (Å²) in [5, 5.41) is 1.52. The Balaban J connectivity index is 1.30. The molecule has 9 nitrogen and oxygen atoms in total. The van der Waals surface area contributed by atoms with E-state index in [9.17, 15) is 18.0 Å². The number of halogens is 2. The van der Waals surface area contributed by atoms with Crippen molar-refractivity contribution in [1.82, 2.24) is 19.2 Å². The Bertz CT molecular complexity index is 2090. The van der Waals surface area contributed by atoms with Gasteiger partial charge in [0.2, 0.25) is 0 Å². The van der Waals surface area contributed by atoms with Crippen molar-refractivity contribution >= 4 is 56.2 Å². The maximum atomic E-state index is 13.9. The van der Waals surface area contributed by atoms with Crippen LogP contribution in [0.2, 0.25) is 10.0 Å². The van der Waals surface area contributed by atoms with Crippen LogP contribution in [0.1, 0.15) is 26.6 Å². The molecule has 226 valence electrons. The first-order valence-electron chi connectivity index (χ1n) is 13.6. The van der Waals surface area contributed by atoms with E-state index in [4.69, 9.17) is 28.2 Å². The molecule has 0 saturated heterocycles. The van der Waals surface area contributed by atoms with E-state index in [1.54, 1.807) is 47.8 Å². The molecule has 3 aromatic carbocycles. The summed E-state index contributed by atoms with van der Waals surface area (Å²) in [4.78, 5) is 34.4. The van der Waals surface area contributed by atoms with Gasteiger partial charge in [0.25, 0.3) is 21.5 Å². The highest BCUT2D eigenvalue weighted by molar-refractivity contribution is 7.92. The molecule has 1 amide bonds. The lowest BCUT2D eigenvalue weighted by molar-refractivity contribution is 0.0736. The van der Waals surface area contributed by atoms with Crippen molar-refractivity contribution in [2.45, 2.75) is 24.8 Å². The maximum absolute atomic E-state index is 13.9. The van der Waals surface area contributed by atoms with Gasteiger partial charge in [0.15, 0.2) is 0 Å². The van der Waals surface area contributed by atoms with Crippen LogP contribution in [0.5, 0.6) is 0 Å². The van der Waals surface area contributed by atoms with Gasteiger partial charge < -0.3 is 4.90 Å². The van der Waals surface area contributed by atoms with Crippen molar-refractivity contribution in [2.75, 3.05) is 17.9 Å². The zero-order chi connectivity index (χ0) is 31.3. The van der Waals surface area contributed by atoms with Crippen LogP contribution in [0.4, 0.5) is 5.69 Å². The quantitative estimate of drug-likeness (QED) is 0.223. The molecule has 0 atom stereocenters. The van der Waals surface area contributed by atoms with E-state index in [2.05, 4.69) is 0 Å². The highest BCUT2D eigenvalue weighted by Gasteiger charge is 2.31. The van der Waals surface area contributed by atoms with Crippen molar-refractivity contribution < 1.29 is 13.2 Å². The SMILES string of the molecule is Cc1c(N(C)S(=O)(=O)c2ccc(Cl)c(C(=O)N3CCc4nc(-c5ccccc5Cl)sc4C3)c2)c(=O)n(-c2ccccc2)n1C. The van der Waals surface area contributed by atoms with Crippen LogP contribution >= 0.6 is 34.5 Å². The minimum Gasteiger partial charge on any atom is -0.333 e. The number of aromatic nitrogens is 3. The molecule has 2 aromatic heterocycles. The van der Waals surface area contributed by atoms with Gasteiger partial charge in [-0.1, -0.05) is 59.6 Å². The second-order valence-corrected chi connectivity index (χ2v) is 14.2. The Labute approximate surface area is 268 Å². The third-order valence-corrected chi connectivity index (χ3v) is 11.3. The molecular formula is C31H27Cl2N5O4S2. The minimum absolute atomic E-state index is 0.00209. The second-order valence-electron chi connectivity index (χ2n) is 10.4. The second kappa shape index (κ2) is 11.6. The Morgan fingerprint density at radius 1 is 1.00 bits per heavy atom. The maximum Gasteiger partial charge on any atom is 0.296 e. The number of fused-ring (bicyclic) bond motifs is 1. The molecule has 5 aromatic rings. The number of hydrogen-bond acceptors (Lipinski definition) is 6. The predicted molar refractivity (Wildman–Crippen MR) is 174 cm³/mol. The molecule has 3 heterocycles. The summed E-state index contributed by atoms with van der Waals surface area (Å²) in [5.41, 5.74) is 2.38. The highest BCUT2D eigenvalue weighted by Crippen LogP contribution is 2.36. The molecule has 13 heteroatoms. The molecular weight excluding hydrogens is 641 g/mol. The first kappa shape index (κ1) is 30.1. The van der Waals surface area contributed by atoms with E-state index < -0.39 is 21.5 Å². The lowest BCUT2D eigenvalue weighted by atomic mass is 10.1. The van der Waals surface area contributed by atoms with Gasteiger partial charge >= 0.3 is 0 Å². The molecule has 44 heavy (non-hydrogen) atoms. The van der Waals surface area contributed by atoms with Crippen LogP contribution in [0.15, 0.2) is 82.5 Å². The third kappa shape index (κ3) is 5.13. The Morgan fingerprint density at radius 3 is 2.43 bits per heavy atom. The molecule has 0 unspecified atom stereocenters. The van der Waals surface area contributed by atoms with Crippen molar-refractivity contribution in [2.24, 2.45) is 7.05 Å². The number of sulfonamides is 1. The Hall–Kier alpha value is -3.90. The smallest absolute Gasteiger partial charge is 0.296 e. The average Bonchev–Trinajstić information content (AvgIpc) is 3.54. The van der Waals surface area contributed by atoms with E-state index in [0.717, 1.165) is 25.4 Å². The van der Waals surface area contributed by atoms with Crippen LogP contribution in [-0.4, -0.2) is 47.2 Å². The highest BCUT2D eigenvalue weighted by atomic mass is 35.5. The number of hydrogen-bond donors (Lipinski definition) is 0. The third-order valence-electron chi connectivity index (χ3n) is 7.79. The van der Waals surface area contributed by atoms with E-state index in [-0.39, 0.29) is 21.2 Å². The summed E-state index contributed by atoms with van der Waals surface area (Å²) < 4.78 is 31.7. The molecule has 0 N–H and O–H groups in total. The molecule has 0 radical (unpaired) electrons. The largest absolute Gasteiger partial charge is 0.333 e. The standard InChI is InChI=1S/C31H27Cl2N5O4S2/c1-19-28(31(40)38(35(19)2)20-9-5-4-6-10-20)36(3)44(41,42)21-13-14-25(33)23(17-21)30(39)37-16-15-26-27(18-37)43-29(34-26)22-11-7-8-12-24(22)32/h4-14,17H,15-16,18H2,1-3H3. The minimum atomic E-state index is -4.25. The van der Waals surface area contributed by atoms with Gasteiger partial charge in [-0.05, 0) is 43.3 Å². The summed E-state index contributed by atoms with van der Waals surface area (Å²) in [6.07, 6.45) is 0.543. The van der Waals surface area contributed by atoms with Gasteiger partial charge in [0, 0.05) is 37.5 Å². The summed E-state index contributed by atoms with van der Waals surface area (Å²) in [6, 6.07) is 20.5. The first-order valence-corrected chi connectivity index (χ1v) is 16.7. The summed E-state index contributed by atoms with van der Waals surface area (Å²) >= 11 is 14.3. The first-order chi connectivity index (χ1) is 21.0. The van der Waals surface area contributed by atoms with Gasteiger partial charge in [-0.3, -0.25) is 18.6 Å². The fraction of sp³-hybridized carbons (Fsp3) is 0.194. The number of anilines is 1. The number of thiazole rings is 1. The molecule has 0 fully saturated rings. The van der Waals surface area contributed by atoms with Gasteiger partial charge in [0.1, 0.15) is 10.7 Å². The summed E-state index contributed by atoms with van der Waals surface area (Å²) in [5.74, 6) is -0.393. The number of carbonyl (C=O) groups is 1. The summed E-state index contributed by atoms with van der Waals surface area (Å²) in [6.45, 7) is 2.39. The molecule has 1 aliphatic rings. The fourth-order valence-corrected chi connectivity index (χ4v) is 8.23. The lowest BCUT2D eigenvalue weighted by Crippen LogP contribution is -2.36. The van der Waals surface area contributed by atoms with Gasteiger partial charge in [0.05, 0.1) is 44.1 Å². The topological polar surface area (TPSA) is 97.5 Å². The van der Waals surface area contributed by atoms with Crippen LogP contribution < -0.4 is 9.86 Å². The molecule has 0 aliphatic carbocycles. The number of nitrogens with zero attached hydrogens (tertiary/aromatic N) is 5. The van der Waals surface area contributed by atoms with Crippen LogP contribution in [0, 0.1) is 6.92 Å². The van der Waals surface area contributed by atoms with Crippen molar-refractivity contribution in [1.29, 1.82) is 0 Å². The average molecular weight is 669 g/mol. The molecule has 0 saturated carbocycles. The fourth-order valence-electron chi connectivity index (χ4n) is 5.31. The number of carbonyl (C=O) groups excluding carboxylic acids is 1. The Kier molecular flexibility index (Phi) is 7.91. The number of amides is 1. The number of para-hydroxylation sites is 1. The van der Waals surface area contributed by atoms with E-state index >= 15 is 0 Å². The van der Waals surface area contributed by atoms with Crippen LogP contribution in [0.3, 0.4) is 0 Å². The number of rotatable bonds is 6. The zero-order valence-corrected chi connectivity index (χ0v) is 27.1. The summed E-state index contributed by atoms with van der Waals surface area (Å²) in [7, 11) is -1.23. The van der Waals surface area contributed by atoms with Crippen LogP contribution in [0.25, 0.3) is 16.3 Å². The van der Waals surface area contributed by atoms with Crippen molar-refractivity contribution in [3.8, 4) is 16.3 Å². The van der Waals surface area contributed by atoms with Gasteiger partial charge in [-0.25, -0.2) is 18.1 Å². The Morgan fingerprint density at radius 2 is 1.70 bits per heavy atom. The van der Waals surface area contributed by atoms with E-state index in [1.807, 2.05) is 30.3 Å². The molecule has 0 bridgehead atoms. The van der Waals surface area contributed by atoms with E-state index in [0.29, 0.717) is 35.9 Å². The number of benzene rings is 3. The van der Waals surface area contributed by atoms with Gasteiger partial charge in [-0.2, -0.15) is 0 Å². The molecule has 0 spiro atoms. The zero-order valence-electron chi connectivity index (χ0n) is 24.0. The lowest BCUT2D eigenvalue weighted by Gasteiger charge is -2.27.